The minimum atomic E-state index is 0.168. The quantitative estimate of drug-likeness (QED) is 0.140. The van der Waals surface area contributed by atoms with E-state index in [0.29, 0.717) is 0 Å². The maximum Gasteiger partial charge on any atom is 0.130 e. The lowest BCUT2D eigenvalue weighted by Crippen LogP contribution is -2.17. The van der Waals surface area contributed by atoms with E-state index in [1.54, 1.807) is 0 Å². The lowest BCUT2D eigenvalue weighted by atomic mass is 9.73. The highest BCUT2D eigenvalue weighted by Crippen LogP contribution is 2.54. The summed E-state index contributed by atoms with van der Waals surface area (Å²) in [6.45, 7) is 4.65. The molecule has 11 rings (SSSR count). The summed E-state index contributed by atoms with van der Waals surface area (Å²) in [5.41, 5.74) is 13.2. The Hall–Kier alpha value is -5.96. The molecule has 0 fully saturated rings. The van der Waals surface area contributed by atoms with Crippen LogP contribution in [0, 0.1) is 5.92 Å². The van der Waals surface area contributed by atoms with Gasteiger partial charge in [0, 0.05) is 25.7 Å². The second kappa shape index (κ2) is 14.5. The van der Waals surface area contributed by atoms with Crippen molar-refractivity contribution in [2.45, 2.75) is 58.3 Å². The number of aryl methyl sites for hydroxylation is 1. The highest BCUT2D eigenvalue weighted by atomic mass is 32.1. The Bertz CT molecular complexity index is 3070. The van der Waals surface area contributed by atoms with E-state index in [-0.39, 0.29) is 11.8 Å². The fourth-order valence-electron chi connectivity index (χ4n) is 10.3. The van der Waals surface area contributed by atoms with Gasteiger partial charge in [-0.1, -0.05) is 142 Å². The number of hydrogen-bond acceptors (Lipinski definition) is 2. The second-order valence-electron chi connectivity index (χ2n) is 16.4. The van der Waals surface area contributed by atoms with E-state index < -0.39 is 0 Å². The molecule has 1 aliphatic carbocycles. The first-order valence-electron chi connectivity index (χ1n) is 21.3. The molecule has 0 bridgehead atoms. The zero-order valence-electron chi connectivity index (χ0n) is 33.2. The maximum absolute atomic E-state index is 6.86. The van der Waals surface area contributed by atoms with E-state index in [0.717, 1.165) is 37.2 Å². The topological polar surface area (TPSA) is 9.23 Å². The van der Waals surface area contributed by atoms with Crippen LogP contribution >= 0.6 is 11.3 Å². The molecule has 0 radical (unpaired) electrons. The number of thiophene rings is 1. The third-order valence-electron chi connectivity index (χ3n) is 13.0. The van der Waals surface area contributed by atoms with Crippen molar-refractivity contribution in [1.29, 1.82) is 0 Å². The molecule has 2 aliphatic rings. The molecule has 1 aliphatic heterocycles. The Labute approximate surface area is 345 Å². The average Bonchev–Trinajstić information content (AvgIpc) is 3.84. The number of allylic oxidation sites excluding steroid dienone is 4. The predicted molar refractivity (Wildman–Crippen MR) is 249 cm³/mol. The number of rotatable bonds is 8. The molecule has 0 N–H and O–H groups in total. The van der Waals surface area contributed by atoms with E-state index in [4.69, 9.17) is 4.74 Å². The van der Waals surface area contributed by atoms with Crippen LogP contribution in [0.1, 0.15) is 74.1 Å². The Balaban J connectivity index is 1.04. The van der Waals surface area contributed by atoms with Crippen LogP contribution in [0.2, 0.25) is 0 Å². The van der Waals surface area contributed by atoms with Gasteiger partial charge in [0.2, 0.25) is 0 Å². The van der Waals surface area contributed by atoms with E-state index in [2.05, 4.69) is 172 Å². The third kappa shape index (κ3) is 5.80. The van der Waals surface area contributed by atoms with E-state index in [1.807, 2.05) is 11.3 Å². The van der Waals surface area contributed by atoms with Gasteiger partial charge < -0.3 is 4.74 Å². The van der Waals surface area contributed by atoms with Crippen LogP contribution in [0.15, 0.2) is 163 Å². The van der Waals surface area contributed by atoms with Gasteiger partial charge in [-0.25, -0.2) is 0 Å². The van der Waals surface area contributed by atoms with Crippen LogP contribution in [0.25, 0.3) is 75.1 Å². The SMILES string of the molecule is CCCCc1cc(-c2cccc(/C3=C/CC/C(c4ccccc4)=C4/Oc5ccccc5C4C3CC)c2)cc(-c2cc3sc4cccc5c6ccccc6c(c2)c3c45)c1. The third-order valence-corrected chi connectivity index (χ3v) is 14.1. The van der Waals surface area contributed by atoms with Crippen molar-refractivity contribution < 1.29 is 4.74 Å². The van der Waals surface area contributed by atoms with Gasteiger partial charge in [0.15, 0.2) is 0 Å². The summed E-state index contributed by atoms with van der Waals surface area (Å²) in [5, 5.41) is 8.23. The summed E-state index contributed by atoms with van der Waals surface area (Å²) in [7, 11) is 0. The minimum absolute atomic E-state index is 0.168. The second-order valence-corrected chi connectivity index (χ2v) is 17.4. The van der Waals surface area contributed by atoms with Crippen molar-refractivity contribution in [1.82, 2.24) is 0 Å². The number of ether oxygens (including phenoxy) is 1. The van der Waals surface area contributed by atoms with Crippen molar-refractivity contribution in [2.24, 2.45) is 5.92 Å². The van der Waals surface area contributed by atoms with Gasteiger partial charge in [0.1, 0.15) is 11.5 Å². The highest BCUT2D eigenvalue weighted by Gasteiger charge is 2.39. The first kappa shape index (κ1) is 35.2. The van der Waals surface area contributed by atoms with Crippen molar-refractivity contribution >= 4 is 64.2 Å². The van der Waals surface area contributed by atoms with Gasteiger partial charge in [-0.15, -0.1) is 11.3 Å². The molecule has 9 aromatic rings. The van der Waals surface area contributed by atoms with Gasteiger partial charge in [-0.05, 0) is 146 Å². The summed E-state index contributed by atoms with van der Waals surface area (Å²) in [4.78, 5) is 0. The predicted octanol–water partition coefficient (Wildman–Crippen LogP) is 16.3. The molecule has 282 valence electrons. The van der Waals surface area contributed by atoms with Crippen LogP contribution in [-0.2, 0) is 6.42 Å². The fourth-order valence-corrected chi connectivity index (χ4v) is 11.5. The first-order valence-corrected chi connectivity index (χ1v) is 22.1. The Morgan fingerprint density at radius 1 is 0.569 bits per heavy atom. The van der Waals surface area contributed by atoms with Crippen molar-refractivity contribution in [3.8, 4) is 28.0 Å². The summed E-state index contributed by atoms with van der Waals surface area (Å²) < 4.78 is 9.60. The molecule has 2 atom stereocenters. The summed E-state index contributed by atoms with van der Waals surface area (Å²) >= 11 is 1.93. The average molecular weight is 767 g/mol. The zero-order chi connectivity index (χ0) is 38.7. The Kier molecular flexibility index (Phi) is 8.78. The number of fused-ring (bicyclic) bond motifs is 6. The first-order chi connectivity index (χ1) is 28.7. The van der Waals surface area contributed by atoms with Crippen molar-refractivity contribution in [2.75, 3.05) is 0 Å². The number of benzene rings is 8. The van der Waals surface area contributed by atoms with Crippen molar-refractivity contribution in [3.63, 3.8) is 0 Å². The van der Waals surface area contributed by atoms with Crippen LogP contribution in [-0.4, -0.2) is 0 Å². The molecule has 8 aromatic carbocycles. The van der Waals surface area contributed by atoms with E-state index in [9.17, 15) is 0 Å². The zero-order valence-corrected chi connectivity index (χ0v) is 34.0. The molecule has 2 unspecified atom stereocenters. The molecule has 0 saturated carbocycles. The lowest BCUT2D eigenvalue weighted by molar-refractivity contribution is 0.400. The molecule has 0 amide bonds. The Morgan fingerprint density at radius 2 is 1.24 bits per heavy atom. The van der Waals surface area contributed by atoms with Gasteiger partial charge >= 0.3 is 0 Å². The molecular formula is C56H46OS. The molecule has 0 saturated heterocycles. The van der Waals surface area contributed by atoms with Gasteiger partial charge in [-0.2, -0.15) is 0 Å². The lowest BCUT2D eigenvalue weighted by Gasteiger charge is -2.30. The normalized spacial score (nSPS) is 18.9. The van der Waals surface area contributed by atoms with Crippen LogP contribution < -0.4 is 4.74 Å². The molecule has 58 heavy (non-hydrogen) atoms. The van der Waals surface area contributed by atoms with E-state index in [1.165, 1.54) is 110 Å². The monoisotopic (exact) mass is 766 g/mol. The summed E-state index contributed by atoms with van der Waals surface area (Å²) in [6, 6.07) is 57.2. The molecule has 2 heterocycles. The van der Waals surface area contributed by atoms with Crippen LogP contribution in [0.3, 0.4) is 0 Å². The standard InChI is InChI=1S/C56H46OS/c1-3-5-16-35-29-39(32-40(30-35)41-33-49-46-22-10-9-21-45(46)47-26-15-28-51-54(47)55(49)52(34-41)58-51)37-19-13-20-38(31-37)43-24-14-25-44(36-17-7-6-8-18-36)56-53(42(43)4-2)48-23-11-12-27-50(48)57-56/h6-13,15,17-24,26-34,42,53H,3-5,14,16,25H2,1-2H3/b43-24-,56-44-. The fraction of sp³-hybridized carbons (Fsp3) is 0.179. The number of hydrogen-bond donors (Lipinski definition) is 0. The molecule has 1 aromatic heterocycles. The smallest absolute Gasteiger partial charge is 0.130 e. The highest BCUT2D eigenvalue weighted by molar-refractivity contribution is 7.26. The molecule has 0 spiro atoms. The number of unbranched alkanes of at least 4 members (excludes halogenated alkanes) is 1. The van der Waals surface area contributed by atoms with E-state index >= 15 is 0 Å². The number of para-hydroxylation sites is 1. The summed E-state index contributed by atoms with van der Waals surface area (Å²) in [6.07, 6.45) is 8.92. The summed E-state index contributed by atoms with van der Waals surface area (Å²) in [5.74, 6) is 2.60. The molecular weight excluding hydrogens is 721 g/mol. The Morgan fingerprint density at radius 3 is 2.09 bits per heavy atom. The molecule has 2 heteroatoms. The van der Waals surface area contributed by atoms with Gasteiger partial charge in [-0.3, -0.25) is 0 Å². The minimum Gasteiger partial charge on any atom is -0.460 e. The van der Waals surface area contributed by atoms with Gasteiger partial charge in [0.05, 0.1) is 5.92 Å². The van der Waals surface area contributed by atoms with Crippen LogP contribution in [0.5, 0.6) is 5.75 Å². The maximum atomic E-state index is 6.86. The van der Waals surface area contributed by atoms with Gasteiger partial charge in [0.25, 0.3) is 0 Å². The largest absolute Gasteiger partial charge is 0.460 e. The van der Waals surface area contributed by atoms with Crippen molar-refractivity contribution in [3.05, 3.63) is 186 Å². The van der Waals surface area contributed by atoms with Crippen LogP contribution in [0.4, 0.5) is 0 Å². The molecule has 1 nitrogen and oxygen atoms in total.